The van der Waals surface area contributed by atoms with Gasteiger partial charge in [-0.1, -0.05) is 25.1 Å². The van der Waals surface area contributed by atoms with Gasteiger partial charge in [-0.25, -0.2) is 0 Å². The number of Topliss-reactive ketones (excluding diaryl/α,β-unsaturated/α-hetero) is 1. The zero-order valence-electron chi connectivity index (χ0n) is 8.91. The van der Waals surface area contributed by atoms with E-state index >= 15 is 0 Å². The number of rotatable bonds is 4. The number of carbonyl (C=O) groups is 1. The van der Waals surface area contributed by atoms with Crippen LogP contribution in [-0.4, -0.2) is 10.5 Å². The molecule has 0 aliphatic heterocycles. The van der Waals surface area contributed by atoms with Gasteiger partial charge in [0.25, 0.3) is 0 Å². The molecule has 0 bridgehead atoms. The lowest BCUT2D eigenvalue weighted by atomic mass is 10.0. The van der Waals surface area contributed by atoms with Gasteiger partial charge < -0.3 is 0 Å². The van der Waals surface area contributed by atoms with E-state index in [-0.39, 0.29) is 10.5 Å². The van der Waals surface area contributed by atoms with Crippen molar-refractivity contribution in [3.05, 3.63) is 30.3 Å². The number of benzene rings is 1. The summed E-state index contributed by atoms with van der Waals surface area (Å²) in [5, 5.41) is 0. The second-order valence-corrected chi connectivity index (χ2v) is 5.13. The lowest BCUT2D eigenvalue weighted by Gasteiger charge is -2.24. The average molecular weight is 208 g/mol. The Balaban J connectivity index is 2.81. The molecule has 0 amide bonds. The van der Waals surface area contributed by atoms with Gasteiger partial charge in [0.15, 0.2) is 0 Å². The van der Waals surface area contributed by atoms with Crippen LogP contribution in [0, 0.1) is 0 Å². The highest BCUT2D eigenvalue weighted by Gasteiger charge is 2.28. The number of thioether (sulfide) groups is 1. The molecule has 76 valence electrons. The molecule has 1 unspecified atom stereocenters. The fourth-order valence-electron chi connectivity index (χ4n) is 1.14. The van der Waals surface area contributed by atoms with Crippen molar-refractivity contribution in [1.29, 1.82) is 0 Å². The van der Waals surface area contributed by atoms with E-state index in [1.54, 1.807) is 18.7 Å². The Labute approximate surface area is 89.9 Å². The van der Waals surface area contributed by atoms with Crippen molar-refractivity contribution >= 4 is 17.5 Å². The van der Waals surface area contributed by atoms with Gasteiger partial charge >= 0.3 is 0 Å². The number of carbonyl (C=O) groups excluding carboxylic acids is 1. The molecule has 0 aliphatic carbocycles. The summed E-state index contributed by atoms with van der Waals surface area (Å²) in [5.41, 5.74) is 0. The van der Waals surface area contributed by atoms with Gasteiger partial charge in [0.05, 0.1) is 4.75 Å². The van der Waals surface area contributed by atoms with Crippen molar-refractivity contribution in [1.82, 2.24) is 0 Å². The minimum Gasteiger partial charge on any atom is -0.298 e. The van der Waals surface area contributed by atoms with Crippen LogP contribution >= 0.6 is 11.8 Å². The van der Waals surface area contributed by atoms with E-state index in [4.69, 9.17) is 0 Å². The molecule has 14 heavy (non-hydrogen) atoms. The Kier molecular flexibility index (Phi) is 3.76. The molecule has 1 nitrogen and oxygen atoms in total. The quantitative estimate of drug-likeness (QED) is 0.704. The van der Waals surface area contributed by atoms with E-state index in [1.807, 2.05) is 37.3 Å². The van der Waals surface area contributed by atoms with Gasteiger partial charge in [-0.2, -0.15) is 0 Å². The second kappa shape index (κ2) is 4.65. The summed E-state index contributed by atoms with van der Waals surface area (Å²) in [7, 11) is 0. The van der Waals surface area contributed by atoms with Gasteiger partial charge in [-0.3, -0.25) is 4.79 Å². The third-order valence-corrected chi connectivity index (χ3v) is 4.04. The van der Waals surface area contributed by atoms with Crippen molar-refractivity contribution in [2.24, 2.45) is 0 Å². The van der Waals surface area contributed by atoms with Crippen LogP contribution in [0.4, 0.5) is 0 Å². The summed E-state index contributed by atoms with van der Waals surface area (Å²) in [6, 6.07) is 10.1. The normalized spacial score (nSPS) is 14.8. The Hall–Kier alpha value is -0.760. The van der Waals surface area contributed by atoms with E-state index in [2.05, 4.69) is 6.92 Å². The molecule has 0 saturated heterocycles. The van der Waals surface area contributed by atoms with Gasteiger partial charge in [0, 0.05) is 4.90 Å². The topological polar surface area (TPSA) is 17.1 Å². The fourth-order valence-corrected chi connectivity index (χ4v) is 2.24. The molecule has 0 radical (unpaired) electrons. The van der Waals surface area contributed by atoms with Gasteiger partial charge in [-0.05, 0) is 32.4 Å². The molecule has 1 rings (SSSR count). The lowest BCUT2D eigenvalue weighted by Crippen LogP contribution is -2.28. The highest BCUT2D eigenvalue weighted by Crippen LogP contribution is 2.35. The maximum Gasteiger partial charge on any atom is 0.145 e. The molecule has 0 aliphatic rings. The smallest absolute Gasteiger partial charge is 0.145 e. The maximum atomic E-state index is 11.5. The molecular weight excluding hydrogens is 192 g/mol. The summed E-state index contributed by atoms with van der Waals surface area (Å²) in [4.78, 5) is 12.6. The predicted octanol–water partition coefficient (Wildman–Crippen LogP) is 3.54. The van der Waals surface area contributed by atoms with E-state index in [1.165, 1.54) is 0 Å². The summed E-state index contributed by atoms with van der Waals surface area (Å²) in [6.45, 7) is 5.73. The van der Waals surface area contributed by atoms with Crippen molar-refractivity contribution in [2.75, 3.05) is 0 Å². The molecule has 2 heteroatoms. The highest BCUT2D eigenvalue weighted by atomic mass is 32.2. The van der Waals surface area contributed by atoms with E-state index in [9.17, 15) is 4.79 Å². The largest absolute Gasteiger partial charge is 0.298 e. The lowest BCUT2D eigenvalue weighted by molar-refractivity contribution is -0.118. The zero-order chi connectivity index (χ0) is 10.6. The zero-order valence-corrected chi connectivity index (χ0v) is 9.73. The summed E-state index contributed by atoms with van der Waals surface area (Å²) >= 11 is 1.65. The number of hydrogen-bond donors (Lipinski definition) is 0. The van der Waals surface area contributed by atoms with Crippen LogP contribution in [-0.2, 0) is 4.79 Å². The average Bonchev–Trinajstić information content (AvgIpc) is 2.19. The van der Waals surface area contributed by atoms with E-state index in [0.717, 1.165) is 11.3 Å². The molecule has 1 aromatic carbocycles. The van der Waals surface area contributed by atoms with Crippen LogP contribution in [0.2, 0.25) is 0 Å². The van der Waals surface area contributed by atoms with Crippen LogP contribution in [0.15, 0.2) is 35.2 Å². The fraction of sp³-hybridized carbons (Fsp3) is 0.417. The molecule has 0 heterocycles. The third kappa shape index (κ3) is 2.61. The van der Waals surface area contributed by atoms with Gasteiger partial charge in [-0.15, -0.1) is 11.8 Å². The first-order valence-corrected chi connectivity index (χ1v) is 5.65. The third-order valence-electron chi connectivity index (χ3n) is 2.51. The van der Waals surface area contributed by atoms with Crippen LogP contribution in [0.5, 0.6) is 0 Å². The van der Waals surface area contributed by atoms with Gasteiger partial charge in [0.1, 0.15) is 5.78 Å². The van der Waals surface area contributed by atoms with Crippen molar-refractivity contribution in [3.8, 4) is 0 Å². The Morgan fingerprint density at radius 1 is 1.36 bits per heavy atom. The van der Waals surface area contributed by atoms with E-state index in [0.29, 0.717) is 0 Å². The van der Waals surface area contributed by atoms with Crippen LogP contribution in [0.3, 0.4) is 0 Å². The first-order chi connectivity index (χ1) is 6.58. The summed E-state index contributed by atoms with van der Waals surface area (Å²) < 4.78 is -0.276. The number of ketones is 1. The SMILES string of the molecule is CCC(C)(Sc1ccccc1)C(C)=O. The maximum absolute atomic E-state index is 11.5. The van der Waals surface area contributed by atoms with Crippen molar-refractivity contribution < 1.29 is 4.79 Å². The summed E-state index contributed by atoms with van der Waals surface area (Å²) in [5.74, 6) is 0.244. The van der Waals surface area contributed by atoms with Crippen molar-refractivity contribution in [3.63, 3.8) is 0 Å². The minimum atomic E-state index is -0.276. The van der Waals surface area contributed by atoms with Crippen LogP contribution in [0.1, 0.15) is 27.2 Å². The number of hydrogen-bond acceptors (Lipinski definition) is 2. The molecule has 1 aromatic rings. The Morgan fingerprint density at radius 2 is 1.93 bits per heavy atom. The predicted molar refractivity (Wildman–Crippen MR) is 61.7 cm³/mol. The van der Waals surface area contributed by atoms with Crippen LogP contribution in [0.25, 0.3) is 0 Å². The monoisotopic (exact) mass is 208 g/mol. The van der Waals surface area contributed by atoms with Crippen molar-refractivity contribution in [2.45, 2.75) is 36.8 Å². The standard InChI is InChI=1S/C12H16OS/c1-4-12(3,10(2)13)14-11-8-6-5-7-9-11/h5-9H,4H2,1-3H3. The molecule has 0 spiro atoms. The molecule has 0 fully saturated rings. The Bertz CT molecular complexity index is 307. The molecular formula is C12H16OS. The summed E-state index contributed by atoms with van der Waals surface area (Å²) in [6.07, 6.45) is 0.863. The second-order valence-electron chi connectivity index (χ2n) is 3.56. The Morgan fingerprint density at radius 3 is 2.36 bits per heavy atom. The van der Waals surface area contributed by atoms with Crippen LogP contribution < -0.4 is 0 Å². The first kappa shape index (κ1) is 11.3. The van der Waals surface area contributed by atoms with Gasteiger partial charge in [0.2, 0.25) is 0 Å². The highest BCUT2D eigenvalue weighted by molar-refractivity contribution is 8.01. The molecule has 0 N–H and O–H groups in total. The molecule has 1 atom stereocenters. The molecule has 0 aromatic heterocycles. The molecule has 0 saturated carbocycles. The van der Waals surface area contributed by atoms with E-state index < -0.39 is 0 Å². The first-order valence-electron chi connectivity index (χ1n) is 4.83. The minimum absolute atomic E-state index is 0.244.